The fraction of sp³-hybridized carbons (Fsp3) is 0.143. The molecule has 102 valence electrons. The number of nitrogens with zero attached hydrogens (tertiary/aromatic N) is 2. The Morgan fingerprint density at radius 2 is 2.05 bits per heavy atom. The van der Waals surface area contributed by atoms with Crippen LogP contribution in [0.5, 0.6) is 0 Å². The molecule has 0 bridgehead atoms. The van der Waals surface area contributed by atoms with Crippen LogP contribution in [0.2, 0.25) is 0 Å². The largest absolute Gasteiger partial charge is 0.387 e. The van der Waals surface area contributed by atoms with Crippen LogP contribution in [0.1, 0.15) is 11.7 Å². The smallest absolute Gasteiger partial charge is 0.262 e. The first kappa shape index (κ1) is 13.0. The number of aliphatic hydroxyl groups is 1. The Hall–Kier alpha value is -2.05. The lowest BCUT2D eigenvalue weighted by molar-refractivity contribution is 0.155. The fourth-order valence-corrected chi connectivity index (χ4v) is 2.72. The van der Waals surface area contributed by atoms with Crippen molar-refractivity contribution in [2.75, 3.05) is 0 Å². The topological polar surface area (TPSA) is 55.1 Å². The minimum atomic E-state index is -0.883. The van der Waals surface area contributed by atoms with E-state index in [9.17, 15) is 14.3 Å². The molecule has 3 aromatic rings. The number of fused-ring (bicyclic) bond motifs is 1. The summed E-state index contributed by atoms with van der Waals surface area (Å²) in [5.41, 5.74) is 0.376. The van der Waals surface area contributed by atoms with Gasteiger partial charge in [0.25, 0.3) is 5.56 Å². The van der Waals surface area contributed by atoms with Crippen LogP contribution < -0.4 is 5.56 Å². The molecule has 0 spiro atoms. The van der Waals surface area contributed by atoms with Crippen LogP contribution in [0.3, 0.4) is 0 Å². The quantitative estimate of drug-likeness (QED) is 0.805. The second-order valence-corrected chi connectivity index (χ2v) is 5.30. The summed E-state index contributed by atoms with van der Waals surface area (Å²) in [5.74, 6) is -0.362. The van der Waals surface area contributed by atoms with Gasteiger partial charge in [-0.1, -0.05) is 12.1 Å². The van der Waals surface area contributed by atoms with E-state index in [1.165, 1.54) is 46.5 Å². The molecule has 0 aliphatic carbocycles. The van der Waals surface area contributed by atoms with Gasteiger partial charge in [-0.05, 0) is 29.1 Å². The zero-order valence-electron chi connectivity index (χ0n) is 10.4. The number of halogens is 1. The molecule has 1 aromatic carbocycles. The van der Waals surface area contributed by atoms with Crippen LogP contribution in [-0.2, 0) is 6.54 Å². The molecule has 0 aliphatic rings. The molecule has 0 saturated carbocycles. The van der Waals surface area contributed by atoms with Crippen LogP contribution in [0, 0.1) is 5.82 Å². The SMILES string of the molecule is O=c1c2ccsc2ncn1C[C@H](O)c1ccc(F)cc1. The zero-order chi connectivity index (χ0) is 14.1. The number of aliphatic hydroxyl groups excluding tert-OH is 1. The maximum atomic E-state index is 12.8. The summed E-state index contributed by atoms with van der Waals surface area (Å²) < 4.78 is 14.2. The summed E-state index contributed by atoms with van der Waals surface area (Å²) in [6.07, 6.45) is 0.541. The lowest BCUT2D eigenvalue weighted by atomic mass is 10.1. The van der Waals surface area contributed by atoms with E-state index in [0.29, 0.717) is 15.8 Å². The van der Waals surface area contributed by atoms with Gasteiger partial charge in [0.05, 0.1) is 24.4 Å². The van der Waals surface area contributed by atoms with Gasteiger partial charge in [0, 0.05) is 0 Å². The number of thiophene rings is 1. The third kappa shape index (κ3) is 2.35. The molecule has 2 heterocycles. The molecule has 0 radical (unpaired) electrons. The number of rotatable bonds is 3. The van der Waals surface area contributed by atoms with Crippen molar-refractivity contribution in [1.29, 1.82) is 0 Å². The Morgan fingerprint density at radius 3 is 2.80 bits per heavy atom. The third-order valence-corrected chi connectivity index (χ3v) is 3.90. The van der Waals surface area contributed by atoms with E-state index in [1.807, 2.05) is 0 Å². The first-order valence-electron chi connectivity index (χ1n) is 6.01. The molecule has 20 heavy (non-hydrogen) atoms. The van der Waals surface area contributed by atoms with Gasteiger partial charge in [-0.15, -0.1) is 11.3 Å². The summed E-state index contributed by atoms with van der Waals surface area (Å²) in [5, 5.41) is 12.5. The second-order valence-electron chi connectivity index (χ2n) is 4.41. The first-order chi connectivity index (χ1) is 9.65. The van der Waals surface area contributed by atoms with E-state index in [-0.39, 0.29) is 17.9 Å². The van der Waals surface area contributed by atoms with Crippen LogP contribution in [0.4, 0.5) is 4.39 Å². The second kappa shape index (κ2) is 5.15. The highest BCUT2D eigenvalue weighted by Gasteiger charge is 2.11. The Labute approximate surface area is 117 Å². The standard InChI is InChI=1S/C14H11FN2O2S/c15-10-3-1-9(2-4-10)12(18)7-17-8-16-13-11(14(17)19)5-6-20-13/h1-6,8,12,18H,7H2/t12-/m0/s1. The molecule has 1 N–H and O–H groups in total. The van der Waals surface area contributed by atoms with Crippen LogP contribution in [0.15, 0.2) is 46.8 Å². The van der Waals surface area contributed by atoms with Crippen molar-refractivity contribution in [2.24, 2.45) is 0 Å². The van der Waals surface area contributed by atoms with Crippen molar-refractivity contribution in [2.45, 2.75) is 12.6 Å². The minimum absolute atomic E-state index is 0.0866. The molecule has 0 amide bonds. The Bertz CT molecular complexity index is 795. The molecular formula is C14H11FN2O2S. The van der Waals surface area contributed by atoms with Crippen molar-refractivity contribution >= 4 is 21.6 Å². The van der Waals surface area contributed by atoms with E-state index in [2.05, 4.69) is 4.98 Å². The highest BCUT2D eigenvalue weighted by atomic mass is 32.1. The Morgan fingerprint density at radius 1 is 1.30 bits per heavy atom. The van der Waals surface area contributed by atoms with Crippen LogP contribution in [0.25, 0.3) is 10.2 Å². The molecule has 0 aliphatic heterocycles. The number of hydrogen-bond donors (Lipinski definition) is 1. The maximum absolute atomic E-state index is 12.8. The van der Waals surface area contributed by atoms with Gasteiger partial charge in [0.15, 0.2) is 0 Å². The monoisotopic (exact) mass is 290 g/mol. The number of aromatic nitrogens is 2. The highest BCUT2D eigenvalue weighted by Crippen LogP contribution is 2.17. The molecule has 6 heteroatoms. The molecule has 1 atom stereocenters. The number of hydrogen-bond acceptors (Lipinski definition) is 4. The number of benzene rings is 1. The Balaban J connectivity index is 1.90. The van der Waals surface area contributed by atoms with Crippen molar-refractivity contribution in [1.82, 2.24) is 9.55 Å². The van der Waals surface area contributed by atoms with Crippen molar-refractivity contribution in [3.05, 3.63) is 63.8 Å². The van der Waals surface area contributed by atoms with Crippen molar-refractivity contribution in [3.8, 4) is 0 Å². The van der Waals surface area contributed by atoms with Gasteiger partial charge >= 0.3 is 0 Å². The average molecular weight is 290 g/mol. The van der Waals surface area contributed by atoms with E-state index in [4.69, 9.17) is 0 Å². The van der Waals surface area contributed by atoms with Gasteiger partial charge in [-0.2, -0.15) is 0 Å². The molecule has 3 rings (SSSR count). The van der Waals surface area contributed by atoms with Gasteiger partial charge in [0.1, 0.15) is 10.6 Å². The van der Waals surface area contributed by atoms with Crippen LogP contribution >= 0.6 is 11.3 Å². The highest BCUT2D eigenvalue weighted by molar-refractivity contribution is 7.16. The van der Waals surface area contributed by atoms with Crippen molar-refractivity contribution < 1.29 is 9.50 Å². The zero-order valence-corrected chi connectivity index (χ0v) is 11.2. The van der Waals surface area contributed by atoms with Gasteiger partial charge in [-0.3, -0.25) is 9.36 Å². The predicted octanol–water partition coefficient (Wildman–Crippen LogP) is 2.33. The average Bonchev–Trinajstić information content (AvgIpc) is 2.92. The van der Waals surface area contributed by atoms with Gasteiger partial charge in [0.2, 0.25) is 0 Å². The van der Waals surface area contributed by atoms with Gasteiger partial charge in [-0.25, -0.2) is 9.37 Å². The molecule has 0 saturated heterocycles. The summed E-state index contributed by atoms with van der Waals surface area (Å²) in [7, 11) is 0. The molecule has 0 unspecified atom stereocenters. The van der Waals surface area contributed by atoms with Gasteiger partial charge < -0.3 is 5.11 Å². The lowest BCUT2D eigenvalue weighted by Crippen LogP contribution is -2.23. The van der Waals surface area contributed by atoms with Crippen molar-refractivity contribution in [3.63, 3.8) is 0 Å². The summed E-state index contributed by atoms with van der Waals surface area (Å²) in [6.45, 7) is 0.0866. The normalized spacial score (nSPS) is 12.7. The lowest BCUT2D eigenvalue weighted by Gasteiger charge is -2.12. The molecule has 4 nitrogen and oxygen atoms in total. The fourth-order valence-electron chi connectivity index (χ4n) is 2.00. The van der Waals surface area contributed by atoms with Crippen LogP contribution in [-0.4, -0.2) is 14.7 Å². The summed E-state index contributed by atoms with van der Waals surface area (Å²) >= 11 is 1.40. The summed E-state index contributed by atoms with van der Waals surface area (Å²) in [4.78, 5) is 17.0. The molecular weight excluding hydrogens is 279 g/mol. The van der Waals surface area contributed by atoms with E-state index < -0.39 is 6.10 Å². The minimum Gasteiger partial charge on any atom is -0.387 e. The summed E-state index contributed by atoms with van der Waals surface area (Å²) in [6, 6.07) is 7.28. The van der Waals surface area contributed by atoms with E-state index in [1.54, 1.807) is 11.4 Å². The Kier molecular flexibility index (Phi) is 3.33. The predicted molar refractivity (Wildman–Crippen MR) is 75.2 cm³/mol. The van der Waals surface area contributed by atoms with E-state index in [0.717, 1.165) is 0 Å². The first-order valence-corrected chi connectivity index (χ1v) is 6.89. The molecule has 2 aromatic heterocycles. The maximum Gasteiger partial charge on any atom is 0.262 e. The third-order valence-electron chi connectivity index (χ3n) is 3.07. The van der Waals surface area contributed by atoms with E-state index >= 15 is 0 Å². The molecule has 0 fully saturated rings.